The zero-order valence-corrected chi connectivity index (χ0v) is 12.6. The summed E-state index contributed by atoms with van der Waals surface area (Å²) >= 11 is 0. The van der Waals surface area contributed by atoms with Gasteiger partial charge in [-0.05, 0) is 32.9 Å². The van der Waals surface area contributed by atoms with Crippen molar-refractivity contribution in [2.75, 3.05) is 0 Å². The van der Waals surface area contributed by atoms with Crippen LogP contribution in [0.15, 0.2) is 24.3 Å². The first-order valence-electron chi connectivity index (χ1n) is 7.16. The van der Waals surface area contributed by atoms with Gasteiger partial charge in [-0.2, -0.15) is 0 Å². The van der Waals surface area contributed by atoms with Gasteiger partial charge in [-0.1, -0.05) is 12.1 Å². The Kier molecular flexibility index (Phi) is 2.39. The summed E-state index contributed by atoms with van der Waals surface area (Å²) < 4.78 is 10.9. The first kappa shape index (κ1) is 13.1. The zero-order chi connectivity index (χ0) is 15.6. The number of carbonyl (C=O) groups is 2. The van der Waals surface area contributed by atoms with Crippen LogP contribution < -0.4 is 9.47 Å². The molecule has 112 valence electrons. The molecule has 0 spiro atoms. The second-order valence-electron chi connectivity index (χ2n) is 6.61. The molecule has 0 N–H and O–H groups in total. The third-order valence-electron chi connectivity index (χ3n) is 4.12. The van der Waals surface area contributed by atoms with Crippen molar-refractivity contribution in [1.82, 2.24) is 4.90 Å². The smallest absolute Gasteiger partial charge is 0.416 e. The minimum atomic E-state index is -0.369. The second kappa shape index (κ2) is 4.00. The molecule has 0 saturated heterocycles. The largest absolute Gasteiger partial charge is 0.422 e. The van der Waals surface area contributed by atoms with Gasteiger partial charge in [-0.3, -0.25) is 4.90 Å². The molecule has 0 aliphatic carbocycles. The summed E-state index contributed by atoms with van der Waals surface area (Å²) in [7, 11) is 0. The van der Waals surface area contributed by atoms with Crippen molar-refractivity contribution in [2.45, 2.75) is 32.9 Å². The number of fused-ring (bicyclic) bond motifs is 2. The molecule has 5 heteroatoms. The summed E-state index contributed by atoms with van der Waals surface area (Å²) in [5, 5.41) is 1.47. The standard InChI is InChI=1S/C17H15NO4/c1-17(2,3)18-8-9-7-12-13-10(14(9)22-16(18)20)5-4-6-11(13)15(19)21-12/h4-7H,8H2,1-3H3. The van der Waals surface area contributed by atoms with Gasteiger partial charge in [0.15, 0.2) is 0 Å². The summed E-state index contributed by atoms with van der Waals surface area (Å²) in [4.78, 5) is 25.9. The number of benzene rings is 2. The quantitative estimate of drug-likeness (QED) is 0.552. The summed E-state index contributed by atoms with van der Waals surface area (Å²) in [5.74, 6) is 0.715. The summed E-state index contributed by atoms with van der Waals surface area (Å²) in [6, 6.07) is 7.15. The molecule has 0 radical (unpaired) electrons. The van der Waals surface area contributed by atoms with Gasteiger partial charge in [0, 0.05) is 21.9 Å². The first-order chi connectivity index (χ1) is 10.4. The first-order valence-corrected chi connectivity index (χ1v) is 7.16. The predicted octanol–water partition coefficient (Wildman–Crippen LogP) is 3.49. The topological polar surface area (TPSA) is 55.8 Å². The molecule has 22 heavy (non-hydrogen) atoms. The third-order valence-corrected chi connectivity index (χ3v) is 4.12. The fourth-order valence-electron chi connectivity index (χ4n) is 3.01. The van der Waals surface area contributed by atoms with Gasteiger partial charge in [0.1, 0.15) is 11.5 Å². The van der Waals surface area contributed by atoms with Gasteiger partial charge in [-0.25, -0.2) is 9.59 Å². The summed E-state index contributed by atoms with van der Waals surface area (Å²) in [6.07, 6.45) is -0.369. The van der Waals surface area contributed by atoms with Crippen LogP contribution in [0.25, 0.3) is 10.8 Å². The molecule has 2 heterocycles. The lowest BCUT2D eigenvalue weighted by Crippen LogP contribution is -2.48. The fraction of sp³-hybridized carbons (Fsp3) is 0.294. The van der Waals surface area contributed by atoms with E-state index >= 15 is 0 Å². The van der Waals surface area contributed by atoms with E-state index in [9.17, 15) is 9.59 Å². The Labute approximate surface area is 127 Å². The zero-order valence-electron chi connectivity index (χ0n) is 12.6. The molecule has 0 saturated carbocycles. The van der Waals surface area contributed by atoms with Crippen molar-refractivity contribution in [3.05, 3.63) is 35.4 Å². The average molecular weight is 297 g/mol. The maximum Gasteiger partial charge on any atom is 0.416 e. The van der Waals surface area contributed by atoms with E-state index in [-0.39, 0.29) is 17.6 Å². The van der Waals surface area contributed by atoms with Gasteiger partial charge in [-0.15, -0.1) is 0 Å². The van der Waals surface area contributed by atoms with E-state index in [1.807, 2.05) is 26.8 Å². The second-order valence-corrected chi connectivity index (χ2v) is 6.61. The number of amides is 1. The van der Waals surface area contributed by atoms with Crippen LogP contribution in [-0.2, 0) is 6.54 Å². The maximum atomic E-state index is 12.3. The number of esters is 1. The minimum Gasteiger partial charge on any atom is -0.422 e. The summed E-state index contributed by atoms with van der Waals surface area (Å²) in [6.45, 7) is 6.30. The molecule has 0 aromatic heterocycles. The van der Waals surface area contributed by atoms with Crippen LogP contribution >= 0.6 is 0 Å². The monoisotopic (exact) mass is 297 g/mol. The van der Waals surface area contributed by atoms with Gasteiger partial charge in [0.05, 0.1) is 12.1 Å². The van der Waals surface area contributed by atoms with Gasteiger partial charge < -0.3 is 9.47 Å². The lowest BCUT2D eigenvalue weighted by Gasteiger charge is -2.38. The molecule has 1 amide bonds. The van der Waals surface area contributed by atoms with E-state index in [0.717, 1.165) is 16.3 Å². The van der Waals surface area contributed by atoms with Crippen molar-refractivity contribution in [1.29, 1.82) is 0 Å². The van der Waals surface area contributed by atoms with E-state index in [0.29, 0.717) is 23.6 Å². The van der Waals surface area contributed by atoms with Crippen molar-refractivity contribution < 1.29 is 19.1 Å². The van der Waals surface area contributed by atoms with E-state index < -0.39 is 0 Å². The van der Waals surface area contributed by atoms with Crippen LogP contribution in [0.5, 0.6) is 11.5 Å². The molecular weight excluding hydrogens is 282 g/mol. The molecular formula is C17H15NO4. The molecule has 2 aliphatic heterocycles. The van der Waals surface area contributed by atoms with Gasteiger partial charge >= 0.3 is 12.1 Å². The van der Waals surface area contributed by atoms with Gasteiger partial charge in [0.2, 0.25) is 0 Å². The van der Waals surface area contributed by atoms with Crippen LogP contribution in [-0.4, -0.2) is 22.5 Å². The normalized spacial score (nSPS) is 16.6. The fourth-order valence-corrected chi connectivity index (χ4v) is 3.01. The van der Waals surface area contributed by atoms with Gasteiger partial charge in [0.25, 0.3) is 0 Å². The van der Waals surface area contributed by atoms with E-state index in [2.05, 4.69) is 0 Å². The van der Waals surface area contributed by atoms with Crippen LogP contribution in [0, 0.1) is 0 Å². The Morgan fingerprint density at radius 1 is 1.14 bits per heavy atom. The van der Waals surface area contributed by atoms with Crippen molar-refractivity contribution in [2.24, 2.45) is 0 Å². The van der Waals surface area contributed by atoms with Crippen molar-refractivity contribution in [3.63, 3.8) is 0 Å². The number of ether oxygens (including phenoxy) is 2. The number of carbonyl (C=O) groups excluding carboxylic acids is 2. The van der Waals surface area contributed by atoms with E-state index in [4.69, 9.17) is 9.47 Å². The van der Waals surface area contributed by atoms with E-state index in [1.165, 1.54) is 0 Å². The average Bonchev–Trinajstić information content (AvgIpc) is 2.76. The minimum absolute atomic E-state index is 0.345. The van der Waals surface area contributed by atoms with Crippen molar-refractivity contribution >= 4 is 22.8 Å². The SMILES string of the molecule is CC(C)(C)N1Cc2cc3c4c(cccc4c2OC1=O)C(=O)O3. The van der Waals surface area contributed by atoms with E-state index in [1.54, 1.807) is 23.1 Å². The molecule has 2 aromatic rings. The highest BCUT2D eigenvalue weighted by Crippen LogP contribution is 2.44. The van der Waals surface area contributed by atoms with Crippen LogP contribution in [0.1, 0.15) is 36.7 Å². The Balaban J connectivity index is 1.95. The van der Waals surface area contributed by atoms with Crippen LogP contribution in [0.2, 0.25) is 0 Å². The molecule has 4 rings (SSSR count). The number of nitrogens with zero attached hydrogens (tertiary/aromatic N) is 1. The summed E-state index contributed by atoms with van der Waals surface area (Å²) in [5.41, 5.74) is 1.02. The highest BCUT2D eigenvalue weighted by Gasteiger charge is 2.36. The number of rotatable bonds is 0. The Morgan fingerprint density at radius 3 is 2.64 bits per heavy atom. The molecule has 2 aromatic carbocycles. The molecule has 2 aliphatic rings. The molecule has 0 atom stereocenters. The van der Waals surface area contributed by atoms with Crippen LogP contribution in [0.3, 0.4) is 0 Å². The third kappa shape index (κ3) is 1.65. The molecule has 5 nitrogen and oxygen atoms in total. The van der Waals surface area contributed by atoms with Crippen molar-refractivity contribution in [3.8, 4) is 11.5 Å². The Morgan fingerprint density at radius 2 is 1.91 bits per heavy atom. The maximum absolute atomic E-state index is 12.3. The molecule has 0 bridgehead atoms. The molecule has 0 fully saturated rings. The highest BCUT2D eigenvalue weighted by atomic mass is 16.6. The number of hydrogen-bond donors (Lipinski definition) is 0. The van der Waals surface area contributed by atoms with Crippen LogP contribution in [0.4, 0.5) is 4.79 Å². The lowest BCUT2D eigenvalue weighted by atomic mass is 9.98. The Hall–Kier alpha value is -2.56. The number of hydrogen-bond acceptors (Lipinski definition) is 4. The lowest BCUT2D eigenvalue weighted by molar-refractivity contribution is 0.0750. The predicted molar refractivity (Wildman–Crippen MR) is 80.2 cm³/mol. The molecule has 0 unspecified atom stereocenters. The Bertz CT molecular complexity index is 848. The highest BCUT2D eigenvalue weighted by molar-refractivity contribution is 6.14.